The number of hydrogen-bond donors (Lipinski definition) is 2. The lowest BCUT2D eigenvalue weighted by Gasteiger charge is -2.41. The van der Waals surface area contributed by atoms with Gasteiger partial charge >= 0.3 is 5.97 Å². The van der Waals surface area contributed by atoms with Gasteiger partial charge in [0.25, 0.3) is 0 Å². The maximum atomic E-state index is 12.3. The summed E-state index contributed by atoms with van der Waals surface area (Å²) in [5.74, 6) is -0.447. The molecular formula is C21H22N2O4. The van der Waals surface area contributed by atoms with E-state index in [0.717, 1.165) is 35.8 Å². The Bertz CT molecular complexity index is 985. The van der Waals surface area contributed by atoms with E-state index in [1.807, 2.05) is 19.2 Å². The topological polar surface area (TPSA) is 82.6 Å². The second-order valence-electron chi connectivity index (χ2n) is 7.02. The van der Waals surface area contributed by atoms with Crippen molar-refractivity contribution in [3.05, 3.63) is 52.9 Å². The van der Waals surface area contributed by atoms with Crippen molar-refractivity contribution in [2.75, 3.05) is 13.7 Å². The zero-order chi connectivity index (χ0) is 19.1. The Kier molecular flexibility index (Phi) is 4.26. The van der Waals surface area contributed by atoms with Gasteiger partial charge in [-0.25, -0.2) is 4.79 Å². The van der Waals surface area contributed by atoms with Gasteiger partial charge in [-0.3, -0.25) is 4.79 Å². The molecule has 2 aromatic rings. The first kappa shape index (κ1) is 17.4. The Morgan fingerprint density at radius 3 is 2.93 bits per heavy atom. The predicted octanol–water partition coefficient (Wildman–Crippen LogP) is 2.99. The standard InChI is InChI=1S/C21H22N2O4/c1-3-12(11-24)15-9-19-20-14(16-8-13(25)4-5-18(16)22-20)6-7-23(19)10-17(15)21(26)27-2/h3-5,8,10-11,15,19,22,25H,6-7,9H2,1-2H3. The normalized spacial score (nSPS) is 22.1. The van der Waals surface area contributed by atoms with Crippen molar-refractivity contribution in [2.24, 2.45) is 5.92 Å². The van der Waals surface area contributed by atoms with E-state index in [1.54, 1.807) is 18.2 Å². The number of ether oxygens (including phenoxy) is 1. The summed E-state index contributed by atoms with van der Waals surface area (Å²) in [5.41, 5.74) is 4.39. The number of hydrogen-bond acceptors (Lipinski definition) is 5. The zero-order valence-electron chi connectivity index (χ0n) is 15.4. The highest BCUT2D eigenvalue weighted by molar-refractivity contribution is 5.92. The molecule has 1 aromatic carbocycles. The van der Waals surface area contributed by atoms with E-state index >= 15 is 0 Å². The quantitative estimate of drug-likeness (QED) is 0.496. The molecule has 27 heavy (non-hydrogen) atoms. The second-order valence-corrected chi connectivity index (χ2v) is 7.02. The van der Waals surface area contributed by atoms with Crippen LogP contribution >= 0.6 is 0 Å². The van der Waals surface area contributed by atoms with Gasteiger partial charge in [-0.2, -0.15) is 0 Å². The van der Waals surface area contributed by atoms with Gasteiger partial charge in [-0.15, -0.1) is 0 Å². The first-order valence-electron chi connectivity index (χ1n) is 9.08. The van der Waals surface area contributed by atoms with Crippen LogP contribution in [0.25, 0.3) is 10.9 Å². The number of aldehydes is 1. The molecule has 0 spiro atoms. The monoisotopic (exact) mass is 366 g/mol. The minimum absolute atomic E-state index is 0.0385. The lowest BCUT2D eigenvalue weighted by atomic mass is 9.80. The van der Waals surface area contributed by atoms with Gasteiger partial charge in [-0.1, -0.05) is 6.08 Å². The van der Waals surface area contributed by atoms with Gasteiger partial charge in [0.05, 0.1) is 18.7 Å². The molecule has 2 aliphatic rings. The third-order valence-corrected chi connectivity index (χ3v) is 5.71. The van der Waals surface area contributed by atoms with Crippen LogP contribution in [-0.4, -0.2) is 40.9 Å². The number of phenols is 1. The molecule has 2 aliphatic heterocycles. The van der Waals surface area contributed by atoms with Crippen LogP contribution in [0.5, 0.6) is 5.75 Å². The Balaban J connectivity index is 1.82. The van der Waals surface area contributed by atoms with Crippen LogP contribution in [0.3, 0.4) is 0 Å². The number of fused-ring (bicyclic) bond motifs is 5. The molecule has 0 saturated carbocycles. The number of rotatable bonds is 3. The number of phenolic OH excluding ortho intramolecular Hbond substituents is 1. The molecular weight excluding hydrogens is 344 g/mol. The van der Waals surface area contributed by atoms with Crippen molar-refractivity contribution in [1.82, 2.24) is 9.88 Å². The lowest BCUT2D eigenvalue weighted by Crippen LogP contribution is -2.38. The average molecular weight is 366 g/mol. The molecule has 4 rings (SSSR count). The van der Waals surface area contributed by atoms with Gasteiger partial charge in [0, 0.05) is 35.3 Å². The number of nitrogens with zero attached hydrogens (tertiary/aromatic N) is 1. The summed E-state index contributed by atoms with van der Waals surface area (Å²) >= 11 is 0. The lowest BCUT2D eigenvalue weighted by molar-refractivity contribution is -0.137. The number of esters is 1. The van der Waals surface area contributed by atoms with E-state index < -0.39 is 5.97 Å². The highest BCUT2D eigenvalue weighted by Gasteiger charge is 2.39. The van der Waals surface area contributed by atoms with Crippen LogP contribution in [0, 0.1) is 5.92 Å². The fourth-order valence-electron chi connectivity index (χ4n) is 4.38. The predicted molar refractivity (Wildman–Crippen MR) is 101 cm³/mol. The number of carbonyl (C=O) groups excluding carboxylic acids is 2. The molecule has 2 N–H and O–H groups in total. The molecule has 2 unspecified atom stereocenters. The molecule has 2 atom stereocenters. The number of nitrogens with one attached hydrogen (secondary N) is 1. The number of H-pyrrole nitrogens is 1. The van der Waals surface area contributed by atoms with Crippen molar-refractivity contribution in [3.8, 4) is 5.75 Å². The van der Waals surface area contributed by atoms with Crippen LogP contribution in [0.4, 0.5) is 0 Å². The van der Waals surface area contributed by atoms with Crippen LogP contribution in [0.2, 0.25) is 0 Å². The third kappa shape index (κ3) is 2.72. The summed E-state index contributed by atoms with van der Waals surface area (Å²) in [7, 11) is 1.36. The number of aromatic amines is 1. The Hall–Kier alpha value is -3.02. The maximum absolute atomic E-state index is 12.3. The number of aromatic hydroxyl groups is 1. The van der Waals surface area contributed by atoms with Crippen LogP contribution in [0.15, 0.2) is 41.6 Å². The van der Waals surface area contributed by atoms with E-state index in [-0.39, 0.29) is 17.7 Å². The van der Waals surface area contributed by atoms with Crippen molar-refractivity contribution >= 4 is 23.2 Å². The highest BCUT2D eigenvalue weighted by atomic mass is 16.5. The zero-order valence-corrected chi connectivity index (χ0v) is 15.4. The van der Waals surface area contributed by atoms with Crippen LogP contribution in [-0.2, 0) is 20.7 Å². The molecule has 0 fully saturated rings. The molecule has 1 aromatic heterocycles. The van der Waals surface area contributed by atoms with Crippen molar-refractivity contribution in [2.45, 2.75) is 25.8 Å². The summed E-state index contributed by atoms with van der Waals surface area (Å²) in [4.78, 5) is 29.5. The smallest absolute Gasteiger partial charge is 0.335 e. The van der Waals surface area contributed by atoms with Crippen molar-refractivity contribution < 1.29 is 19.4 Å². The van der Waals surface area contributed by atoms with Gasteiger partial charge in [0.2, 0.25) is 0 Å². The van der Waals surface area contributed by atoms with Crippen LogP contribution in [0.1, 0.15) is 30.6 Å². The molecule has 0 bridgehead atoms. The number of methoxy groups -OCH3 is 1. The molecule has 0 radical (unpaired) electrons. The van der Waals surface area contributed by atoms with Crippen molar-refractivity contribution in [1.29, 1.82) is 0 Å². The minimum Gasteiger partial charge on any atom is -0.508 e. The average Bonchev–Trinajstić information content (AvgIpc) is 3.06. The minimum atomic E-state index is -0.396. The number of benzene rings is 1. The summed E-state index contributed by atoms with van der Waals surface area (Å²) in [6.45, 7) is 2.57. The van der Waals surface area contributed by atoms with E-state index in [4.69, 9.17) is 4.74 Å². The Morgan fingerprint density at radius 2 is 2.22 bits per heavy atom. The van der Waals surface area contributed by atoms with Gasteiger partial charge < -0.3 is 19.7 Å². The van der Waals surface area contributed by atoms with Crippen LogP contribution < -0.4 is 0 Å². The number of carbonyl (C=O) groups is 2. The Morgan fingerprint density at radius 1 is 1.41 bits per heavy atom. The molecule has 6 nitrogen and oxygen atoms in total. The number of allylic oxidation sites excluding steroid dienone is 2. The first-order valence-corrected chi connectivity index (χ1v) is 9.08. The fourth-order valence-corrected chi connectivity index (χ4v) is 4.38. The van der Waals surface area contributed by atoms with E-state index in [1.165, 1.54) is 12.7 Å². The second kappa shape index (κ2) is 6.61. The molecule has 0 amide bonds. The summed E-state index contributed by atoms with van der Waals surface area (Å²) in [5, 5.41) is 10.9. The number of aromatic nitrogens is 1. The largest absolute Gasteiger partial charge is 0.508 e. The summed E-state index contributed by atoms with van der Waals surface area (Å²) in [6, 6.07) is 5.38. The SMILES string of the molecule is CC=C(C=O)C1CC2c3[nH]c4ccc(O)cc4c3CCN2C=C1C(=O)OC. The fraction of sp³-hybridized carbons (Fsp3) is 0.333. The third-order valence-electron chi connectivity index (χ3n) is 5.71. The summed E-state index contributed by atoms with van der Waals surface area (Å²) < 4.78 is 4.96. The molecule has 6 heteroatoms. The van der Waals surface area contributed by atoms with Gasteiger partial charge in [-0.05, 0) is 49.1 Å². The molecule has 140 valence electrons. The van der Waals surface area contributed by atoms with Crippen molar-refractivity contribution in [3.63, 3.8) is 0 Å². The molecule has 3 heterocycles. The Labute approximate surface area is 157 Å². The van der Waals surface area contributed by atoms with E-state index in [9.17, 15) is 14.7 Å². The van der Waals surface area contributed by atoms with Gasteiger partial charge in [0.1, 0.15) is 12.0 Å². The molecule has 0 saturated heterocycles. The van der Waals surface area contributed by atoms with E-state index in [2.05, 4.69) is 9.88 Å². The van der Waals surface area contributed by atoms with E-state index in [0.29, 0.717) is 17.6 Å². The maximum Gasteiger partial charge on any atom is 0.335 e. The highest BCUT2D eigenvalue weighted by Crippen LogP contribution is 2.44. The van der Waals surface area contributed by atoms with Gasteiger partial charge in [0.15, 0.2) is 0 Å². The first-order chi connectivity index (χ1) is 13.1. The molecule has 0 aliphatic carbocycles. The summed E-state index contributed by atoms with van der Waals surface area (Å²) in [6.07, 6.45) is 5.87.